The lowest BCUT2D eigenvalue weighted by atomic mass is 10.2. The van der Waals surface area contributed by atoms with Crippen molar-refractivity contribution in [2.75, 3.05) is 25.4 Å². The molecule has 2 aromatic rings. The summed E-state index contributed by atoms with van der Waals surface area (Å²) < 4.78 is 75.3. The number of rotatable bonds is 7. The fourth-order valence-corrected chi connectivity index (χ4v) is 4.11. The van der Waals surface area contributed by atoms with E-state index in [-0.39, 0.29) is 31.3 Å². The monoisotopic (exact) mass is 416 g/mol. The molecule has 0 amide bonds. The maximum Gasteiger partial charge on any atom is 0.416 e. The van der Waals surface area contributed by atoms with Crippen LogP contribution in [0, 0.1) is 0 Å². The number of benzene rings is 1. The quantitative estimate of drug-likeness (QED) is 0.694. The number of ether oxygens (including phenoxy) is 2. The number of pyridine rings is 1. The fraction of sp³-hybridized carbons (Fsp3) is 0.389. The van der Waals surface area contributed by atoms with E-state index in [1.165, 1.54) is 4.31 Å². The summed E-state index contributed by atoms with van der Waals surface area (Å²) in [6, 6.07) is 10.5. The molecule has 0 N–H and O–H groups in total. The molecule has 6 nitrogen and oxygen atoms in total. The van der Waals surface area contributed by atoms with Gasteiger partial charge in [-0.3, -0.25) is 0 Å². The van der Waals surface area contributed by atoms with Crippen molar-refractivity contribution in [2.45, 2.75) is 18.7 Å². The number of sulfonamides is 1. The van der Waals surface area contributed by atoms with Crippen LogP contribution in [0.2, 0.25) is 0 Å². The minimum atomic E-state index is -4.50. The summed E-state index contributed by atoms with van der Waals surface area (Å²) >= 11 is 0. The molecule has 1 aromatic carbocycles. The van der Waals surface area contributed by atoms with Crippen LogP contribution in [0.25, 0.3) is 0 Å². The molecule has 10 heteroatoms. The first-order chi connectivity index (χ1) is 13.2. The molecule has 1 atom stereocenters. The lowest BCUT2D eigenvalue weighted by Crippen LogP contribution is -2.34. The lowest BCUT2D eigenvalue weighted by molar-refractivity contribution is -0.137. The van der Waals surface area contributed by atoms with E-state index in [2.05, 4.69) is 4.98 Å². The molecule has 0 spiro atoms. The first-order valence-electron chi connectivity index (χ1n) is 8.59. The standard InChI is InChI=1S/C18H19F3N2O4S/c19-18(20,21)14-6-8-22-17(12-14)27-16-7-9-23(13-16)28(24,25)11-10-26-15-4-2-1-3-5-15/h1-6,8,12,16H,7,9-11,13H2/t16-/m1/s1. The zero-order chi connectivity index (χ0) is 20.2. The van der Waals surface area contributed by atoms with Crippen molar-refractivity contribution in [3.63, 3.8) is 0 Å². The molecule has 0 bridgehead atoms. The van der Waals surface area contributed by atoms with E-state index in [0.29, 0.717) is 12.2 Å². The summed E-state index contributed by atoms with van der Waals surface area (Å²) in [6.45, 7) is 0.298. The normalized spacial score (nSPS) is 18.2. The first-order valence-corrected chi connectivity index (χ1v) is 10.2. The highest BCUT2D eigenvalue weighted by Crippen LogP contribution is 2.31. The van der Waals surface area contributed by atoms with Crippen LogP contribution in [0.5, 0.6) is 11.6 Å². The van der Waals surface area contributed by atoms with Crippen molar-refractivity contribution in [3.8, 4) is 11.6 Å². The summed E-state index contributed by atoms with van der Waals surface area (Å²) in [7, 11) is -3.56. The van der Waals surface area contributed by atoms with Crippen molar-refractivity contribution in [3.05, 3.63) is 54.2 Å². The van der Waals surface area contributed by atoms with E-state index in [1.807, 2.05) is 6.07 Å². The molecule has 1 saturated heterocycles. The summed E-state index contributed by atoms with van der Waals surface area (Å²) in [5, 5.41) is 0. The Labute approximate surface area is 161 Å². The first kappa shape index (κ1) is 20.4. The molecule has 0 radical (unpaired) electrons. The molecule has 0 aliphatic carbocycles. The van der Waals surface area contributed by atoms with Gasteiger partial charge in [-0.15, -0.1) is 0 Å². The molecule has 1 aliphatic rings. The van der Waals surface area contributed by atoms with Crippen LogP contribution in [0.1, 0.15) is 12.0 Å². The van der Waals surface area contributed by atoms with Crippen LogP contribution >= 0.6 is 0 Å². The third-order valence-electron chi connectivity index (χ3n) is 4.20. The Balaban J connectivity index is 1.53. The Morgan fingerprint density at radius 1 is 1.18 bits per heavy atom. The van der Waals surface area contributed by atoms with Gasteiger partial charge < -0.3 is 9.47 Å². The van der Waals surface area contributed by atoms with Gasteiger partial charge in [0.25, 0.3) is 0 Å². The molecular weight excluding hydrogens is 397 g/mol. The summed E-state index contributed by atoms with van der Waals surface area (Å²) in [6.07, 6.45) is -3.66. The number of halogens is 3. The molecule has 1 aliphatic heterocycles. The van der Waals surface area contributed by atoms with E-state index in [4.69, 9.17) is 9.47 Å². The number of alkyl halides is 3. The van der Waals surface area contributed by atoms with Gasteiger partial charge in [0, 0.05) is 18.8 Å². The second-order valence-corrected chi connectivity index (χ2v) is 8.33. The number of hydrogen-bond acceptors (Lipinski definition) is 5. The van der Waals surface area contributed by atoms with Crippen LogP contribution in [0.15, 0.2) is 48.7 Å². The minimum absolute atomic E-state index is 0.00353. The predicted octanol–water partition coefficient (Wildman–Crippen LogP) is 2.96. The van der Waals surface area contributed by atoms with Crippen molar-refractivity contribution in [1.82, 2.24) is 9.29 Å². The topological polar surface area (TPSA) is 68.7 Å². The number of aromatic nitrogens is 1. The van der Waals surface area contributed by atoms with E-state index in [0.717, 1.165) is 18.3 Å². The summed E-state index contributed by atoms with van der Waals surface area (Å²) in [4.78, 5) is 3.78. The van der Waals surface area contributed by atoms with E-state index >= 15 is 0 Å². The highest BCUT2D eigenvalue weighted by Gasteiger charge is 2.34. The number of nitrogens with zero attached hydrogens (tertiary/aromatic N) is 2. The number of hydrogen-bond donors (Lipinski definition) is 0. The Bertz CT molecular complexity index is 891. The minimum Gasteiger partial charge on any atom is -0.492 e. The Morgan fingerprint density at radius 2 is 1.93 bits per heavy atom. The molecule has 152 valence electrons. The molecule has 0 unspecified atom stereocenters. The molecule has 28 heavy (non-hydrogen) atoms. The van der Waals surface area contributed by atoms with Crippen LogP contribution in [0.3, 0.4) is 0 Å². The maximum absolute atomic E-state index is 12.8. The second kappa shape index (κ2) is 8.36. The molecule has 3 rings (SSSR count). The Hall–Kier alpha value is -2.33. The van der Waals surface area contributed by atoms with E-state index in [1.54, 1.807) is 24.3 Å². The van der Waals surface area contributed by atoms with Crippen LogP contribution in [0.4, 0.5) is 13.2 Å². The van der Waals surface area contributed by atoms with Gasteiger partial charge in [-0.05, 0) is 24.6 Å². The highest BCUT2D eigenvalue weighted by molar-refractivity contribution is 7.89. The van der Waals surface area contributed by atoms with Crippen molar-refractivity contribution in [2.24, 2.45) is 0 Å². The summed E-state index contributed by atoms with van der Waals surface area (Å²) in [5.74, 6) is 0.207. The largest absolute Gasteiger partial charge is 0.492 e. The van der Waals surface area contributed by atoms with Gasteiger partial charge in [0.2, 0.25) is 15.9 Å². The number of para-hydroxylation sites is 1. The predicted molar refractivity (Wildman–Crippen MR) is 95.6 cm³/mol. The zero-order valence-corrected chi connectivity index (χ0v) is 15.6. The average Bonchev–Trinajstić information content (AvgIpc) is 3.11. The highest BCUT2D eigenvalue weighted by atomic mass is 32.2. The van der Waals surface area contributed by atoms with Crippen molar-refractivity contribution in [1.29, 1.82) is 0 Å². The molecule has 0 saturated carbocycles. The van der Waals surface area contributed by atoms with Gasteiger partial charge in [-0.2, -0.15) is 17.5 Å². The van der Waals surface area contributed by atoms with E-state index < -0.39 is 27.9 Å². The van der Waals surface area contributed by atoms with Gasteiger partial charge in [-0.1, -0.05) is 18.2 Å². The SMILES string of the molecule is O=S(=O)(CCOc1ccccc1)N1CC[C@@H](Oc2cc(C(F)(F)F)ccn2)C1. The van der Waals surface area contributed by atoms with Gasteiger partial charge in [-0.25, -0.2) is 13.4 Å². The van der Waals surface area contributed by atoms with Crippen molar-refractivity contribution < 1.29 is 31.1 Å². The van der Waals surface area contributed by atoms with Gasteiger partial charge >= 0.3 is 6.18 Å². The summed E-state index contributed by atoms with van der Waals surface area (Å²) in [5.41, 5.74) is -0.863. The smallest absolute Gasteiger partial charge is 0.416 e. The lowest BCUT2D eigenvalue weighted by Gasteiger charge is -2.17. The van der Waals surface area contributed by atoms with Gasteiger partial charge in [0.1, 0.15) is 18.5 Å². The van der Waals surface area contributed by atoms with Crippen molar-refractivity contribution >= 4 is 10.0 Å². The Morgan fingerprint density at radius 3 is 2.64 bits per heavy atom. The van der Waals surface area contributed by atoms with Crippen LogP contribution in [-0.2, 0) is 16.2 Å². The zero-order valence-electron chi connectivity index (χ0n) is 14.8. The van der Waals surface area contributed by atoms with Gasteiger partial charge in [0.15, 0.2) is 0 Å². The molecule has 2 heterocycles. The van der Waals surface area contributed by atoms with Crippen LogP contribution < -0.4 is 9.47 Å². The third kappa shape index (κ3) is 5.35. The Kier molecular flexibility index (Phi) is 6.09. The average molecular weight is 416 g/mol. The molecule has 1 aromatic heterocycles. The third-order valence-corrected chi connectivity index (χ3v) is 6.00. The molecular formula is C18H19F3N2O4S. The van der Waals surface area contributed by atoms with Crippen LogP contribution in [-0.4, -0.2) is 49.3 Å². The molecule has 1 fully saturated rings. The van der Waals surface area contributed by atoms with Gasteiger partial charge in [0.05, 0.1) is 17.9 Å². The second-order valence-electron chi connectivity index (χ2n) is 6.24. The fourth-order valence-electron chi connectivity index (χ4n) is 2.78. The van der Waals surface area contributed by atoms with E-state index in [9.17, 15) is 21.6 Å². The maximum atomic E-state index is 12.8.